The van der Waals surface area contributed by atoms with Crippen LogP contribution in [0.3, 0.4) is 0 Å². The summed E-state index contributed by atoms with van der Waals surface area (Å²) >= 11 is 0. The Balaban J connectivity index is 7.78. The van der Waals surface area contributed by atoms with Crippen LogP contribution < -0.4 is 0 Å². The fourth-order valence-electron chi connectivity index (χ4n) is 2.93. The minimum atomic E-state index is -10.3. The highest BCUT2D eigenvalue weighted by molar-refractivity contribution is 5.22. The summed E-state index contributed by atoms with van der Waals surface area (Å²) in [5.41, 5.74) is 0. The maximum Gasteiger partial charge on any atom is 0.460 e. The lowest BCUT2D eigenvalue weighted by Crippen LogP contribution is -2.80. The monoisotopic (exact) mass is 886 g/mol. The molecule has 0 aromatic heterocycles. The van der Waals surface area contributed by atoms with Gasteiger partial charge in [-0.15, -0.1) is 0 Å². The third kappa shape index (κ3) is 5.58. The molecule has 0 saturated heterocycles. The van der Waals surface area contributed by atoms with E-state index in [2.05, 4.69) is 0 Å². The number of aliphatic hydroxyl groups is 1. The molecule has 0 aromatic rings. The van der Waals surface area contributed by atoms with Gasteiger partial charge in [-0.3, -0.25) is 0 Å². The van der Waals surface area contributed by atoms with Crippen molar-refractivity contribution < 1.29 is 159 Å². The molecule has 320 valence electrons. The molecule has 0 bridgehead atoms. The summed E-state index contributed by atoms with van der Waals surface area (Å²) in [5, 5.41) is 7.80. The normalized spacial score (nSPS) is 18.3. The van der Waals surface area contributed by atoms with Gasteiger partial charge in [0.25, 0.3) is 0 Å². The second kappa shape index (κ2) is 11.8. The van der Waals surface area contributed by atoms with Crippen LogP contribution in [0.15, 0.2) is 0 Å². The van der Waals surface area contributed by atoms with Gasteiger partial charge in [0.05, 0.1) is 0 Å². The summed E-state index contributed by atoms with van der Waals surface area (Å²) in [4.78, 5) is 0. The third-order valence-electron chi connectivity index (χ3n) is 6.27. The zero-order valence-electron chi connectivity index (χ0n) is 22.2. The Kier molecular flexibility index (Phi) is 11.2. The van der Waals surface area contributed by atoms with E-state index in [-0.39, 0.29) is 0 Å². The van der Waals surface area contributed by atoms with Crippen molar-refractivity contribution in [3.8, 4) is 0 Å². The Bertz CT molecular complexity index is 1240. The standard InChI is InChI=1S/C17HF35O/c18-1(19,2(20,21)4(24,25)6(28,29)8(32,33)10(36,37)12(40,41)14(44,45)16(47,48)49)3(22,23)5(26,27)7(30,31)9(34,35)11(38,39)13(42,43)15(46,53)17(50,51)52/h53H. The lowest BCUT2D eigenvalue weighted by Gasteiger charge is -2.47. The summed E-state index contributed by atoms with van der Waals surface area (Å²) < 4.78 is 463. The van der Waals surface area contributed by atoms with E-state index in [1.807, 2.05) is 0 Å². The summed E-state index contributed by atoms with van der Waals surface area (Å²) in [7, 11) is 0. The van der Waals surface area contributed by atoms with E-state index < -0.39 is 101 Å². The molecule has 0 aliphatic rings. The molecule has 53 heavy (non-hydrogen) atoms. The Morgan fingerprint density at radius 3 is 0.377 bits per heavy atom. The molecule has 36 heteroatoms. The first kappa shape index (κ1) is 50.5. The first-order chi connectivity index (χ1) is 22.0. The molecule has 0 fully saturated rings. The molecule has 0 aromatic carbocycles. The van der Waals surface area contributed by atoms with Crippen LogP contribution in [0, 0.1) is 0 Å². The van der Waals surface area contributed by atoms with Crippen molar-refractivity contribution in [2.75, 3.05) is 0 Å². The topological polar surface area (TPSA) is 20.2 Å². The third-order valence-corrected chi connectivity index (χ3v) is 6.27. The van der Waals surface area contributed by atoms with Gasteiger partial charge in [-0.1, -0.05) is 0 Å². The fraction of sp³-hybridized carbons (Fsp3) is 1.00. The van der Waals surface area contributed by atoms with Gasteiger partial charge in [-0.25, -0.2) is 0 Å². The van der Waals surface area contributed by atoms with E-state index in [1.54, 1.807) is 0 Å². The number of hydrogen-bond acceptors (Lipinski definition) is 1. The van der Waals surface area contributed by atoms with E-state index in [4.69, 9.17) is 5.11 Å². The molecule has 0 amide bonds. The van der Waals surface area contributed by atoms with Crippen LogP contribution >= 0.6 is 0 Å². The molecular weight excluding hydrogens is 885 g/mol. The van der Waals surface area contributed by atoms with Gasteiger partial charge in [-0.05, 0) is 0 Å². The molecule has 0 aliphatic heterocycles. The highest BCUT2D eigenvalue weighted by atomic mass is 19.4. The van der Waals surface area contributed by atoms with Crippen LogP contribution in [0.4, 0.5) is 154 Å². The Morgan fingerprint density at radius 2 is 0.264 bits per heavy atom. The Morgan fingerprint density at radius 1 is 0.151 bits per heavy atom. The average Bonchev–Trinajstić information content (AvgIpc) is 2.89. The van der Waals surface area contributed by atoms with E-state index >= 15 is 0 Å². The molecule has 0 aliphatic carbocycles. The van der Waals surface area contributed by atoms with Crippen molar-refractivity contribution >= 4 is 0 Å². The second-order valence-corrected chi connectivity index (χ2v) is 9.66. The van der Waals surface area contributed by atoms with Crippen LogP contribution in [0.25, 0.3) is 0 Å². The van der Waals surface area contributed by atoms with Crippen molar-refractivity contribution in [2.45, 2.75) is 101 Å². The maximum absolute atomic E-state index is 13.8. The van der Waals surface area contributed by atoms with E-state index in [1.165, 1.54) is 0 Å². The SMILES string of the molecule is OC(F)(C(F)(F)F)C(F)(F)C(F)(F)C(F)(F)C(F)(F)C(F)(F)C(F)(F)C(F)(F)C(F)(F)C(F)(F)C(F)(F)C(F)(F)C(F)(F)C(F)(F)C(F)(F)C(F)(F)F. The zero-order chi connectivity index (χ0) is 44.5. The lowest BCUT2D eigenvalue weighted by molar-refractivity contribution is -0.496. The van der Waals surface area contributed by atoms with E-state index in [9.17, 15) is 154 Å². The van der Waals surface area contributed by atoms with Crippen LogP contribution in [0.5, 0.6) is 0 Å². The molecule has 0 spiro atoms. The Hall–Kier alpha value is -2.49. The summed E-state index contributed by atoms with van der Waals surface area (Å²) in [6, 6.07) is 0. The molecule has 1 N–H and O–H groups in total. The first-order valence-corrected chi connectivity index (χ1v) is 10.8. The molecule has 1 atom stereocenters. The second-order valence-electron chi connectivity index (χ2n) is 9.66. The van der Waals surface area contributed by atoms with E-state index in [0.717, 1.165) is 0 Å². The fourth-order valence-corrected chi connectivity index (χ4v) is 2.93. The lowest BCUT2D eigenvalue weighted by atomic mass is 9.82. The predicted molar refractivity (Wildman–Crippen MR) is 87.4 cm³/mol. The van der Waals surface area contributed by atoms with Crippen molar-refractivity contribution in [3.05, 3.63) is 0 Å². The molecule has 1 nitrogen and oxygen atoms in total. The average molecular weight is 886 g/mol. The highest BCUT2D eigenvalue weighted by Crippen LogP contribution is 2.70. The van der Waals surface area contributed by atoms with Gasteiger partial charge in [0.1, 0.15) is 0 Å². The number of rotatable bonds is 14. The Labute approximate surface area is 261 Å². The van der Waals surface area contributed by atoms with Crippen molar-refractivity contribution in [1.82, 2.24) is 0 Å². The number of alkyl halides is 35. The first-order valence-electron chi connectivity index (χ1n) is 10.8. The minimum Gasteiger partial charge on any atom is -0.350 e. The number of halogens is 35. The van der Waals surface area contributed by atoms with Crippen LogP contribution in [-0.4, -0.2) is 106 Å². The molecular formula is C17HF35O. The van der Waals surface area contributed by atoms with Gasteiger partial charge in [-0.2, -0.15) is 154 Å². The van der Waals surface area contributed by atoms with Crippen LogP contribution in [0.2, 0.25) is 0 Å². The quantitative estimate of drug-likeness (QED) is 0.172. The highest BCUT2D eigenvalue weighted by Gasteiger charge is 3.02. The molecule has 1 unspecified atom stereocenters. The summed E-state index contributed by atoms with van der Waals surface area (Å²) in [5.74, 6) is -147. The minimum absolute atomic E-state index is 7.80. The van der Waals surface area contributed by atoms with Gasteiger partial charge in [0, 0.05) is 0 Å². The number of hydrogen-bond donors (Lipinski definition) is 1. The smallest absolute Gasteiger partial charge is 0.350 e. The van der Waals surface area contributed by atoms with Gasteiger partial charge >= 0.3 is 101 Å². The molecule has 0 saturated carbocycles. The largest absolute Gasteiger partial charge is 0.460 e. The van der Waals surface area contributed by atoms with Gasteiger partial charge < -0.3 is 5.11 Å². The summed E-state index contributed by atoms with van der Waals surface area (Å²) in [6.07, 6.45) is -16.6. The maximum atomic E-state index is 13.8. The molecule has 0 heterocycles. The predicted octanol–water partition coefficient (Wildman–Crippen LogP) is 10.7. The summed E-state index contributed by atoms with van der Waals surface area (Å²) in [6.45, 7) is 0. The van der Waals surface area contributed by atoms with Crippen molar-refractivity contribution in [2.24, 2.45) is 0 Å². The molecule has 0 radical (unpaired) electrons. The van der Waals surface area contributed by atoms with Gasteiger partial charge in [0.15, 0.2) is 0 Å². The van der Waals surface area contributed by atoms with Gasteiger partial charge in [0.2, 0.25) is 0 Å². The molecule has 0 rings (SSSR count). The van der Waals surface area contributed by atoms with Crippen molar-refractivity contribution in [3.63, 3.8) is 0 Å². The van der Waals surface area contributed by atoms with Crippen LogP contribution in [-0.2, 0) is 0 Å². The van der Waals surface area contributed by atoms with Crippen LogP contribution in [0.1, 0.15) is 0 Å². The van der Waals surface area contributed by atoms with E-state index in [0.29, 0.717) is 0 Å². The zero-order valence-corrected chi connectivity index (χ0v) is 22.2. The van der Waals surface area contributed by atoms with Crippen molar-refractivity contribution in [1.29, 1.82) is 0 Å².